The molecule has 2 nitrogen and oxygen atoms in total. The van der Waals surface area contributed by atoms with E-state index in [0.717, 1.165) is 28.9 Å². The third-order valence-corrected chi connectivity index (χ3v) is 3.38. The maximum atomic E-state index is 13.6. The Balaban J connectivity index is 2.18. The minimum absolute atomic E-state index is 0.0342. The van der Waals surface area contributed by atoms with Crippen LogP contribution in [-0.4, -0.2) is 19.4 Å². The molecule has 4 heteroatoms. The lowest BCUT2D eigenvalue weighted by Gasteiger charge is -2.21. The fourth-order valence-electron chi connectivity index (χ4n) is 2.34. The summed E-state index contributed by atoms with van der Waals surface area (Å²) in [6, 6.07) is 8.91. The molecule has 0 N–H and O–H groups in total. The molecular weight excluding hydrogens is 272 g/mol. The van der Waals surface area contributed by atoms with Crippen LogP contribution in [0.25, 0.3) is 0 Å². The first-order valence-electron chi connectivity index (χ1n) is 6.65. The van der Waals surface area contributed by atoms with Crippen molar-refractivity contribution >= 4 is 11.5 Å². The van der Waals surface area contributed by atoms with Gasteiger partial charge in [-0.05, 0) is 37.6 Å². The van der Waals surface area contributed by atoms with Gasteiger partial charge >= 0.3 is 0 Å². The zero-order valence-corrected chi connectivity index (χ0v) is 12.3. The Hall–Kier alpha value is -2.23. The number of ketones is 1. The van der Waals surface area contributed by atoms with Crippen molar-refractivity contribution in [2.75, 3.05) is 18.5 Å². The highest BCUT2D eigenvalue weighted by Gasteiger charge is 2.15. The molecule has 110 valence electrons. The summed E-state index contributed by atoms with van der Waals surface area (Å²) in [6.45, 7) is 3.99. The minimum Gasteiger partial charge on any atom is -0.367 e. The molecule has 0 unspecified atom stereocenters. The molecule has 21 heavy (non-hydrogen) atoms. The normalized spacial score (nSPS) is 10.5. The van der Waals surface area contributed by atoms with Crippen molar-refractivity contribution in [3.05, 3.63) is 64.7 Å². The zero-order chi connectivity index (χ0) is 15.6. The fraction of sp³-hybridized carbons (Fsp3) is 0.235. The van der Waals surface area contributed by atoms with E-state index < -0.39 is 11.6 Å². The summed E-state index contributed by atoms with van der Waals surface area (Å²) in [4.78, 5) is 13.9. The summed E-state index contributed by atoms with van der Waals surface area (Å²) in [7, 11) is 1.77. The highest BCUT2D eigenvalue weighted by molar-refractivity contribution is 5.99. The molecular formula is C17H17F2NO. The number of hydrogen-bond donors (Lipinski definition) is 0. The van der Waals surface area contributed by atoms with E-state index in [1.807, 2.05) is 32.0 Å². The van der Waals surface area contributed by atoms with Crippen molar-refractivity contribution in [2.24, 2.45) is 0 Å². The number of Topliss-reactive ketones (excluding diaryl/α,β-unsaturated/α-hetero) is 1. The molecule has 0 bridgehead atoms. The number of aryl methyl sites for hydroxylation is 2. The number of carbonyl (C=O) groups excluding carboxylic acids is 1. The molecule has 0 radical (unpaired) electrons. The Morgan fingerprint density at radius 1 is 1.10 bits per heavy atom. The van der Waals surface area contributed by atoms with Crippen molar-refractivity contribution < 1.29 is 13.6 Å². The minimum atomic E-state index is -0.825. The number of nitrogens with zero attached hydrogens (tertiary/aromatic N) is 1. The fourth-order valence-corrected chi connectivity index (χ4v) is 2.34. The van der Waals surface area contributed by atoms with Gasteiger partial charge in [0.1, 0.15) is 11.6 Å². The number of halogens is 2. The number of likely N-dealkylation sites (N-methyl/N-ethyl adjacent to an activating group) is 1. The number of benzene rings is 2. The van der Waals surface area contributed by atoms with Gasteiger partial charge in [-0.25, -0.2) is 8.78 Å². The molecule has 0 saturated carbocycles. The van der Waals surface area contributed by atoms with Gasteiger partial charge in [-0.2, -0.15) is 0 Å². The molecule has 0 amide bonds. The lowest BCUT2D eigenvalue weighted by molar-refractivity contribution is 0.0996. The lowest BCUT2D eigenvalue weighted by atomic mass is 10.1. The predicted octanol–water partition coefficient (Wildman–Crippen LogP) is 3.90. The number of rotatable bonds is 4. The average molecular weight is 289 g/mol. The first-order chi connectivity index (χ1) is 9.88. The third kappa shape index (κ3) is 3.45. The predicted molar refractivity (Wildman–Crippen MR) is 79.9 cm³/mol. The lowest BCUT2D eigenvalue weighted by Crippen LogP contribution is -2.26. The maximum absolute atomic E-state index is 13.6. The van der Waals surface area contributed by atoms with Crippen LogP contribution in [0.4, 0.5) is 14.5 Å². The topological polar surface area (TPSA) is 20.3 Å². The van der Waals surface area contributed by atoms with Gasteiger partial charge < -0.3 is 4.90 Å². The van der Waals surface area contributed by atoms with Crippen LogP contribution in [0.2, 0.25) is 0 Å². The van der Waals surface area contributed by atoms with Crippen LogP contribution in [0.1, 0.15) is 21.5 Å². The average Bonchev–Trinajstić information content (AvgIpc) is 2.37. The Labute approximate surface area is 123 Å². The van der Waals surface area contributed by atoms with Gasteiger partial charge in [-0.15, -0.1) is 0 Å². The molecule has 2 aromatic carbocycles. The summed E-state index contributed by atoms with van der Waals surface area (Å²) in [6.07, 6.45) is 0. The van der Waals surface area contributed by atoms with E-state index in [2.05, 4.69) is 0 Å². The van der Waals surface area contributed by atoms with Crippen LogP contribution in [0, 0.1) is 25.5 Å². The van der Waals surface area contributed by atoms with E-state index in [9.17, 15) is 13.6 Å². The molecule has 0 fully saturated rings. The second-order valence-corrected chi connectivity index (χ2v) is 5.19. The van der Waals surface area contributed by atoms with Gasteiger partial charge in [0.05, 0.1) is 12.1 Å². The van der Waals surface area contributed by atoms with Crippen molar-refractivity contribution in [1.82, 2.24) is 0 Å². The molecule has 0 spiro atoms. The van der Waals surface area contributed by atoms with Crippen molar-refractivity contribution in [3.8, 4) is 0 Å². The van der Waals surface area contributed by atoms with Gasteiger partial charge in [0.25, 0.3) is 0 Å². The van der Waals surface area contributed by atoms with Gasteiger partial charge in [-0.1, -0.05) is 17.7 Å². The second kappa shape index (κ2) is 6.04. The van der Waals surface area contributed by atoms with E-state index in [4.69, 9.17) is 0 Å². The molecule has 0 aromatic heterocycles. The first kappa shape index (κ1) is 15.2. The third-order valence-electron chi connectivity index (χ3n) is 3.38. The molecule has 0 aliphatic heterocycles. The number of anilines is 1. The Kier molecular flexibility index (Phi) is 4.36. The second-order valence-electron chi connectivity index (χ2n) is 5.19. The summed E-state index contributed by atoms with van der Waals surface area (Å²) in [5, 5.41) is 0. The van der Waals surface area contributed by atoms with Crippen LogP contribution in [0.5, 0.6) is 0 Å². The van der Waals surface area contributed by atoms with Crippen LogP contribution in [0.3, 0.4) is 0 Å². The van der Waals surface area contributed by atoms with E-state index in [1.54, 1.807) is 11.9 Å². The van der Waals surface area contributed by atoms with Gasteiger partial charge in [-0.3, -0.25) is 4.79 Å². The quantitative estimate of drug-likeness (QED) is 0.796. The number of hydrogen-bond acceptors (Lipinski definition) is 2. The van der Waals surface area contributed by atoms with Crippen molar-refractivity contribution in [3.63, 3.8) is 0 Å². The summed E-state index contributed by atoms with van der Waals surface area (Å²) < 4.78 is 26.5. The van der Waals surface area contributed by atoms with Crippen LogP contribution in [-0.2, 0) is 0 Å². The van der Waals surface area contributed by atoms with Crippen LogP contribution in [0.15, 0.2) is 36.4 Å². The largest absolute Gasteiger partial charge is 0.367 e. The summed E-state index contributed by atoms with van der Waals surface area (Å²) in [5.74, 6) is -1.89. The summed E-state index contributed by atoms with van der Waals surface area (Å²) >= 11 is 0. The van der Waals surface area contributed by atoms with E-state index >= 15 is 0 Å². The Morgan fingerprint density at radius 2 is 1.81 bits per heavy atom. The van der Waals surface area contributed by atoms with Crippen molar-refractivity contribution in [2.45, 2.75) is 13.8 Å². The van der Waals surface area contributed by atoms with Crippen LogP contribution < -0.4 is 4.90 Å². The first-order valence-corrected chi connectivity index (χ1v) is 6.65. The van der Waals surface area contributed by atoms with E-state index in [-0.39, 0.29) is 17.9 Å². The standard InChI is InChI=1S/C17H17F2NO/c1-11-4-7-16(12(2)8-11)20(3)10-17(21)14-6-5-13(18)9-15(14)19/h4-9H,10H2,1-3H3. The molecule has 2 rings (SSSR count). The zero-order valence-electron chi connectivity index (χ0n) is 12.3. The monoisotopic (exact) mass is 289 g/mol. The highest BCUT2D eigenvalue weighted by Crippen LogP contribution is 2.20. The van der Waals surface area contributed by atoms with Gasteiger partial charge in [0.15, 0.2) is 5.78 Å². The molecule has 0 aliphatic carbocycles. The van der Waals surface area contributed by atoms with Gasteiger partial charge in [0.2, 0.25) is 0 Å². The maximum Gasteiger partial charge on any atom is 0.185 e. The SMILES string of the molecule is Cc1ccc(N(C)CC(=O)c2ccc(F)cc2F)c(C)c1. The molecule has 0 atom stereocenters. The van der Waals surface area contributed by atoms with Crippen molar-refractivity contribution in [1.29, 1.82) is 0 Å². The Morgan fingerprint density at radius 3 is 2.43 bits per heavy atom. The summed E-state index contributed by atoms with van der Waals surface area (Å²) in [5.41, 5.74) is 3.01. The molecule has 2 aromatic rings. The smallest absolute Gasteiger partial charge is 0.185 e. The molecule has 0 saturated heterocycles. The Bertz CT molecular complexity index is 682. The van der Waals surface area contributed by atoms with E-state index in [0.29, 0.717) is 0 Å². The van der Waals surface area contributed by atoms with Crippen LogP contribution >= 0.6 is 0 Å². The van der Waals surface area contributed by atoms with E-state index in [1.165, 1.54) is 6.07 Å². The molecule has 0 aliphatic rings. The van der Waals surface area contributed by atoms with Gasteiger partial charge in [0, 0.05) is 18.8 Å². The highest BCUT2D eigenvalue weighted by atomic mass is 19.1. The number of carbonyl (C=O) groups is 1. The molecule has 0 heterocycles.